The van der Waals surface area contributed by atoms with E-state index in [1.54, 1.807) is 12.1 Å². The summed E-state index contributed by atoms with van der Waals surface area (Å²) in [7, 11) is 0. The van der Waals surface area contributed by atoms with Crippen LogP contribution in [0.3, 0.4) is 0 Å². The van der Waals surface area contributed by atoms with Crippen molar-refractivity contribution in [3.8, 4) is 0 Å². The van der Waals surface area contributed by atoms with Crippen LogP contribution < -0.4 is 4.90 Å². The van der Waals surface area contributed by atoms with Crippen LogP contribution in [0.15, 0.2) is 30.5 Å². The molecule has 23 heavy (non-hydrogen) atoms. The van der Waals surface area contributed by atoms with Crippen LogP contribution in [0.25, 0.3) is 10.9 Å². The van der Waals surface area contributed by atoms with Crippen molar-refractivity contribution in [1.82, 2.24) is 4.98 Å². The van der Waals surface area contributed by atoms with Crippen LogP contribution in [0, 0.1) is 0 Å². The average Bonchev–Trinajstić information content (AvgIpc) is 2.52. The standard InChI is InChI=1S/C16H17F3N2O2/c1-10-7-21(8-11(9-22)23-10)14-5-4-13(16(17,18)19)15-12(14)3-2-6-20-15/h2-6,10-11,22H,7-9H2,1H3/t10-,11-/m1/s1. The summed E-state index contributed by atoms with van der Waals surface area (Å²) in [6.07, 6.45) is -3.56. The van der Waals surface area contributed by atoms with Crippen LogP contribution in [0.1, 0.15) is 12.5 Å². The quantitative estimate of drug-likeness (QED) is 0.922. The molecule has 2 heterocycles. The van der Waals surface area contributed by atoms with Crippen molar-refractivity contribution in [2.45, 2.75) is 25.3 Å². The number of hydrogen-bond acceptors (Lipinski definition) is 4. The number of anilines is 1. The molecule has 4 nitrogen and oxygen atoms in total. The van der Waals surface area contributed by atoms with Crippen LogP contribution in [0.2, 0.25) is 0 Å². The average molecular weight is 326 g/mol. The van der Waals surface area contributed by atoms with E-state index >= 15 is 0 Å². The maximum Gasteiger partial charge on any atom is 0.418 e. The number of pyridine rings is 1. The predicted molar refractivity (Wildman–Crippen MR) is 80.4 cm³/mol. The van der Waals surface area contributed by atoms with Gasteiger partial charge >= 0.3 is 6.18 Å². The number of nitrogens with zero attached hydrogens (tertiary/aromatic N) is 2. The lowest BCUT2D eigenvalue weighted by atomic mass is 10.1. The van der Waals surface area contributed by atoms with Crippen molar-refractivity contribution < 1.29 is 23.0 Å². The maximum atomic E-state index is 13.2. The number of benzene rings is 1. The molecule has 1 aliphatic heterocycles. The molecule has 1 aromatic heterocycles. The largest absolute Gasteiger partial charge is 0.418 e. The Morgan fingerprint density at radius 2 is 2.09 bits per heavy atom. The third-order valence-electron chi connectivity index (χ3n) is 3.92. The lowest BCUT2D eigenvalue weighted by Crippen LogP contribution is -2.48. The Hall–Kier alpha value is -1.86. The smallest absolute Gasteiger partial charge is 0.394 e. The van der Waals surface area contributed by atoms with Crippen LogP contribution in [-0.2, 0) is 10.9 Å². The zero-order valence-corrected chi connectivity index (χ0v) is 12.5. The van der Waals surface area contributed by atoms with E-state index < -0.39 is 11.7 Å². The van der Waals surface area contributed by atoms with Gasteiger partial charge in [0.1, 0.15) is 0 Å². The minimum atomic E-state index is -4.45. The first-order chi connectivity index (χ1) is 10.9. The van der Waals surface area contributed by atoms with Crippen molar-refractivity contribution in [2.75, 3.05) is 24.6 Å². The summed E-state index contributed by atoms with van der Waals surface area (Å²) in [5, 5.41) is 9.78. The van der Waals surface area contributed by atoms with Gasteiger partial charge in [0.05, 0.1) is 29.9 Å². The molecule has 0 spiro atoms. The first kappa shape index (κ1) is 16.0. The summed E-state index contributed by atoms with van der Waals surface area (Å²) >= 11 is 0. The molecule has 1 aromatic carbocycles. The second-order valence-corrected chi connectivity index (χ2v) is 5.69. The van der Waals surface area contributed by atoms with Crippen molar-refractivity contribution >= 4 is 16.6 Å². The lowest BCUT2D eigenvalue weighted by molar-refractivity contribution is -0.136. The molecule has 0 aliphatic carbocycles. The van der Waals surface area contributed by atoms with Crippen LogP contribution >= 0.6 is 0 Å². The molecule has 0 bridgehead atoms. The monoisotopic (exact) mass is 326 g/mol. The van der Waals surface area contributed by atoms with Gasteiger partial charge in [-0.3, -0.25) is 4.98 Å². The highest BCUT2D eigenvalue weighted by molar-refractivity contribution is 5.94. The second-order valence-electron chi connectivity index (χ2n) is 5.69. The summed E-state index contributed by atoms with van der Waals surface area (Å²) in [5.41, 5.74) is -0.122. The molecule has 0 radical (unpaired) electrons. The summed E-state index contributed by atoms with van der Waals surface area (Å²) in [6, 6.07) is 5.80. The molecule has 7 heteroatoms. The highest BCUT2D eigenvalue weighted by atomic mass is 19.4. The number of aliphatic hydroxyl groups excluding tert-OH is 1. The van der Waals surface area contributed by atoms with Gasteiger partial charge in [0.25, 0.3) is 0 Å². The Balaban J connectivity index is 2.09. The van der Waals surface area contributed by atoms with E-state index in [-0.39, 0.29) is 24.3 Å². The molecule has 0 unspecified atom stereocenters. The minimum absolute atomic E-state index is 0.0582. The number of aromatic nitrogens is 1. The van der Waals surface area contributed by atoms with Gasteiger partial charge in [-0.05, 0) is 31.2 Å². The molecule has 124 valence electrons. The fourth-order valence-electron chi connectivity index (χ4n) is 3.00. The topological polar surface area (TPSA) is 45.6 Å². The molecule has 1 fully saturated rings. The molecular formula is C16H17F3N2O2. The van der Waals surface area contributed by atoms with E-state index in [0.717, 1.165) is 6.07 Å². The predicted octanol–water partition coefficient (Wildman–Crippen LogP) is 2.84. The Morgan fingerprint density at radius 3 is 2.78 bits per heavy atom. The third-order valence-corrected chi connectivity index (χ3v) is 3.92. The van der Waals surface area contributed by atoms with Gasteiger partial charge in [0.2, 0.25) is 0 Å². The zero-order valence-electron chi connectivity index (χ0n) is 12.5. The van der Waals surface area contributed by atoms with Gasteiger partial charge in [-0.25, -0.2) is 0 Å². The number of rotatable bonds is 2. The van der Waals surface area contributed by atoms with Crippen molar-refractivity contribution in [1.29, 1.82) is 0 Å². The van der Waals surface area contributed by atoms with Gasteiger partial charge < -0.3 is 14.7 Å². The van der Waals surface area contributed by atoms with Crippen LogP contribution in [0.4, 0.5) is 18.9 Å². The summed E-state index contributed by atoms with van der Waals surface area (Å²) < 4.78 is 45.1. The highest BCUT2D eigenvalue weighted by Gasteiger charge is 2.34. The van der Waals surface area contributed by atoms with Crippen molar-refractivity contribution in [3.05, 3.63) is 36.0 Å². The van der Waals surface area contributed by atoms with E-state index in [1.165, 1.54) is 12.3 Å². The van der Waals surface area contributed by atoms with Gasteiger partial charge in [-0.2, -0.15) is 13.2 Å². The fourth-order valence-corrected chi connectivity index (χ4v) is 3.00. The molecule has 1 aliphatic rings. The number of ether oxygens (including phenoxy) is 1. The molecule has 0 amide bonds. The number of halogens is 3. The van der Waals surface area contributed by atoms with Gasteiger partial charge in [0, 0.05) is 30.4 Å². The molecule has 0 saturated carbocycles. The first-order valence-electron chi connectivity index (χ1n) is 7.36. The van der Waals surface area contributed by atoms with E-state index in [1.807, 2.05) is 11.8 Å². The number of aliphatic hydroxyl groups is 1. The van der Waals surface area contributed by atoms with E-state index in [4.69, 9.17) is 4.74 Å². The number of morpholine rings is 1. The maximum absolute atomic E-state index is 13.2. The fraction of sp³-hybridized carbons (Fsp3) is 0.438. The van der Waals surface area contributed by atoms with Crippen molar-refractivity contribution in [3.63, 3.8) is 0 Å². The Labute approximate surface area is 131 Å². The molecule has 2 aromatic rings. The number of alkyl halides is 3. The summed E-state index contributed by atoms with van der Waals surface area (Å²) in [4.78, 5) is 5.88. The number of hydrogen-bond donors (Lipinski definition) is 1. The Kier molecular flexibility index (Phi) is 4.16. The summed E-state index contributed by atoms with van der Waals surface area (Å²) in [5.74, 6) is 0. The van der Waals surface area contributed by atoms with E-state index in [9.17, 15) is 18.3 Å². The Bertz CT molecular complexity index is 705. The lowest BCUT2D eigenvalue weighted by Gasteiger charge is -2.38. The van der Waals surface area contributed by atoms with Crippen molar-refractivity contribution in [2.24, 2.45) is 0 Å². The Morgan fingerprint density at radius 1 is 1.30 bits per heavy atom. The highest BCUT2D eigenvalue weighted by Crippen LogP contribution is 2.38. The third kappa shape index (κ3) is 3.11. The van der Waals surface area contributed by atoms with E-state index in [2.05, 4.69) is 4.98 Å². The molecule has 1 saturated heterocycles. The zero-order chi connectivity index (χ0) is 16.6. The van der Waals surface area contributed by atoms with Gasteiger partial charge in [0.15, 0.2) is 0 Å². The SMILES string of the molecule is C[C@@H]1CN(c2ccc(C(F)(F)F)c3ncccc23)C[C@H](CO)O1. The molecule has 2 atom stereocenters. The summed E-state index contributed by atoms with van der Waals surface area (Å²) in [6.45, 7) is 2.72. The molecular weight excluding hydrogens is 309 g/mol. The normalized spacial score (nSPS) is 22.6. The number of fused-ring (bicyclic) bond motifs is 1. The molecule has 3 rings (SSSR count). The van der Waals surface area contributed by atoms with Gasteiger partial charge in [-0.15, -0.1) is 0 Å². The second kappa shape index (κ2) is 5.98. The van der Waals surface area contributed by atoms with Crippen LogP contribution in [0.5, 0.6) is 0 Å². The van der Waals surface area contributed by atoms with E-state index in [0.29, 0.717) is 24.2 Å². The molecule has 1 N–H and O–H groups in total. The first-order valence-corrected chi connectivity index (χ1v) is 7.36. The van der Waals surface area contributed by atoms with Gasteiger partial charge in [-0.1, -0.05) is 0 Å². The minimum Gasteiger partial charge on any atom is -0.394 e. The van der Waals surface area contributed by atoms with Crippen LogP contribution in [-0.4, -0.2) is 42.0 Å².